The van der Waals surface area contributed by atoms with Crippen LogP contribution in [0.1, 0.15) is 30.6 Å². The van der Waals surface area contributed by atoms with E-state index in [1.807, 2.05) is 35.2 Å². The lowest BCUT2D eigenvalue weighted by Crippen LogP contribution is -2.50. The van der Waals surface area contributed by atoms with Crippen molar-refractivity contribution in [3.8, 4) is 5.75 Å². The number of aliphatic hydroxyl groups excluding tert-OH is 2. The van der Waals surface area contributed by atoms with Crippen LogP contribution in [-0.2, 0) is 16.8 Å². The lowest BCUT2D eigenvalue weighted by molar-refractivity contribution is -0.131. The highest BCUT2D eigenvalue weighted by Gasteiger charge is 2.55. The van der Waals surface area contributed by atoms with Gasteiger partial charge in [0.05, 0.1) is 36.8 Å². The molecule has 0 saturated carbocycles. The summed E-state index contributed by atoms with van der Waals surface area (Å²) in [5.41, 5.74) is 3.07. The molecule has 2 aliphatic rings. The van der Waals surface area contributed by atoms with E-state index >= 15 is 0 Å². The SMILES string of the molecule is CO.CO.COc1ccc2c3c([nH]c2c1)[C@]1(C)[C@H](n2cnc4ccccc4c2=O)CC(=O)N1CC3. The third kappa shape index (κ3) is 3.59. The second kappa shape index (κ2) is 9.52. The van der Waals surface area contributed by atoms with E-state index in [1.54, 1.807) is 24.1 Å². The van der Waals surface area contributed by atoms with Crippen molar-refractivity contribution in [3.63, 3.8) is 0 Å². The number of ether oxygens (including phenoxy) is 1. The van der Waals surface area contributed by atoms with Gasteiger partial charge < -0.3 is 24.8 Å². The Kier molecular flexibility index (Phi) is 6.64. The van der Waals surface area contributed by atoms with Crippen molar-refractivity contribution in [3.05, 3.63) is 70.4 Å². The maximum absolute atomic E-state index is 13.4. The Morgan fingerprint density at radius 1 is 1.09 bits per heavy atom. The van der Waals surface area contributed by atoms with E-state index in [0.29, 0.717) is 17.4 Å². The standard InChI is InChI=1S/C24H22N4O3.2CH4O/c1-24-20(27-13-25-18-6-4-3-5-17(18)23(27)30)12-21(29)28(24)10-9-16-15-8-7-14(31-2)11-19(15)26-22(16)24;2*1-2/h3-8,11,13,20,26H,9-10,12H2,1-2H3;2*2H,1H3/t20-,24+;;/m1../s1. The lowest BCUT2D eigenvalue weighted by atomic mass is 9.83. The van der Waals surface area contributed by atoms with Crippen molar-refractivity contribution < 1.29 is 19.7 Å². The van der Waals surface area contributed by atoms with Crippen LogP contribution in [0.4, 0.5) is 0 Å². The van der Waals surface area contributed by atoms with Crippen LogP contribution < -0.4 is 10.3 Å². The quantitative estimate of drug-likeness (QED) is 0.407. The second-order valence-electron chi connectivity index (χ2n) is 8.53. The highest BCUT2D eigenvalue weighted by molar-refractivity contribution is 5.89. The Labute approximate surface area is 202 Å². The molecule has 184 valence electrons. The molecule has 9 heteroatoms. The highest BCUT2D eigenvalue weighted by Crippen LogP contribution is 2.50. The summed E-state index contributed by atoms with van der Waals surface area (Å²) in [6, 6.07) is 13.0. The molecule has 0 radical (unpaired) electrons. The van der Waals surface area contributed by atoms with E-state index < -0.39 is 5.54 Å². The number of fused-ring (bicyclic) bond motifs is 6. The molecule has 0 unspecified atom stereocenters. The van der Waals surface area contributed by atoms with Crippen molar-refractivity contribution in [2.24, 2.45) is 0 Å². The fourth-order valence-electron chi connectivity index (χ4n) is 5.52. The van der Waals surface area contributed by atoms with Crippen LogP contribution in [0.2, 0.25) is 0 Å². The van der Waals surface area contributed by atoms with Crippen LogP contribution in [0.5, 0.6) is 5.75 Å². The minimum absolute atomic E-state index is 0.0643. The maximum atomic E-state index is 13.4. The third-order valence-corrected chi connectivity index (χ3v) is 7.11. The number of hydrogen-bond donors (Lipinski definition) is 3. The summed E-state index contributed by atoms with van der Waals surface area (Å²) in [5.74, 6) is 0.844. The highest BCUT2D eigenvalue weighted by atomic mass is 16.5. The van der Waals surface area contributed by atoms with Crippen LogP contribution in [0.15, 0.2) is 53.6 Å². The number of para-hydroxylation sites is 1. The van der Waals surface area contributed by atoms with E-state index in [9.17, 15) is 9.59 Å². The monoisotopic (exact) mass is 478 g/mol. The van der Waals surface area contributed by atoms with Crippen LogP contribution in [0.3, 0.4) is 0 Å². The number of aromatic nitrogens is 3. The predicted molar refractivity (Wildman–Crippen MR) is 134 cm³/mol. The molecule has 0 spiro atoms. The number of amides is 1. The van der Waals surface area contributed by atoms with Gasteiger partial charge in [-0.3, -0.25) is 14.2 Å². The zero-order valence-corrected chi connectivity index (χ0v) is 20.3. The largest absolute Gasteiger partial charge is 0.497 e. The molecule has 2 aromatic carbocycles. The molecule has 2 atom stereocenters. The number of hydrogen-bond acceptors (Lipinski definition) is 6. The van der Waals surface area contributed by atoms with Gasteiger partial charge in [0.1, 0.15) is 11.3 Å². The van der Waals surface area contributed by atoms with Gasteiger partial charge in [-0.05, 0) is 43.2 Å². The number of methoxy groups -OCH3 is 1. The molecule has 6 rings (SSSR count). The molecule has 9 nitrogen and oxygen atoms in total. The van der Waals surface area contributed by atoms with Gasteiger partial charge in [0, 0.05) is 43.4 Å². The second-order valence-corrected chi connectivity index (χ2v) is 8.53. The van der Waals surface area contributed by atoms with Crippen molar-refractivity contribution in [2.75, 3.05) is 27.9 Å². The summed E-state index contributed by atoms with van der Waals surface area (Å²) in [6.07, 6.45) is 2.65. The number of H-pyrrole nitrogens is 1. The van der Waals surface area contributed by atoms with Gasteiger partial charge in [0.15, 0.2) is 0 Å². The van der Waals surface area contributed by atoms with Crippen LogP contribution in [0.25, 0.3) is 21.8 Å². The first-order valence-corrected chi connectivity index (χ1v) is 11.4. The molecule has 3 N–H and O–H groups in total. The molecule has 1 saturated heterocycles. The minimum Gasteiger partial charge on any atom is -0.497 e. The van der Waals surface area contributed by atoms with Gasteiger partial charge in [-0.2, -0.15) is 0 Å². The van der Waals surface area contributed by atoms with E-state index in [-0.39, 0.29) is 23.9 Å². The number of rotatable bonds is 2. The van der Waals surface area contributed by atoms with Crippen LogP contribution in [0, 0.1) is 0 Å². The Hall–Kier alpha value is -3.69. The molecule has 4 aromatic rings. The zero-order valence-electron chi connectivity index (χ0n) is 20.3. The molecule has 4 heterocycles. The first kappa shape index (κ1) is 24.4. The molecule has 2 aliphatic heterocycles. The number of nitrogens with zero attached hydrogens (tertiary/aromatic N) is 3. The molecular formula is C26H30N4O5. The molecule has 35 heavy (non-hydrogen) atoms. The van der Waals surface area contributed by atoms with E-state index in [0.717, 1.165) is 43.0 Å². The van der Waals surface area contributed by atoms with Crippen molar-refractivity contribution in [1.29, 1.82) is 0 Å². The number of nitrogens with one attached hydrogen (secondary N) is 1. The average Bonchev–Trinajstić information content (AvgIpc) is 3.41. The number of benzene rings is 2. The number of carbonyl (C=O) groups is 1. The lowest BCUT2D eigenvalue weighted by Gasteiger charge is -2.43. The van der Waals surface area contributed by atoms with E-state index in [2.05, 4.69) is 23.0 Å². The molecule has 1 amide bonds. The van der Waals surface area contributed by atoms with Crippen molar-refractivity contribution in [1.82, 2.24) is 19.4 Å². The fourth-order valence-corrected chi connectivity index (χ4v) is 5.52. The van der Waals surface area contributed by atoms with E-state index in [1.165, 1.54) is 5.56 Å². The number of aliphatic hydroxyl groups is 2. The molecule has 0 bridgehead atoms. The fraction of sp³-hybridized carbons (Fsp3) is 0.346. The number of carbonyl (C=O) groups excluding carboxylic acids is 1. The van der Waals surface area contributed by atoms with Gasteiger partial charge in [-0.15, -0.1) is 0 Å². The van der Waals surface area contributed by atoms with Gasteiger partial charge in [0.25, 0.3) is 5.56 Å². The Balaban J connectivity index is 0.000000689. The predicted octanol–water partition coefficient (Wildman–Crippen LogP) is 2.35. The van der Waals surface area contributed by atoms with Crippen molar-refractivity contribution >= 4 is 27.7 Å². The van der Waals surface area contributed by atoms with Gasteiger partial charge in [-0.1, -0.05) is 12.1 Å². The summed E-state index contributed by atoms with van der Waals surface area (Å²) in [7, 11) is 3.65. The Morgan fingerprint density at radius 3 is 2.57 bits per heavy atom. The zero-order chi connectivity index (χ0) is 25.3. The van der Waals surface area contributed by atoms with Crippen molar-refractivity contribution in [2.45, 2.75) is 31.3 Å². The average molecular weight is 479 g/mol. The van der Waals surface area contributed by atoms with Gasteiger partial charge in [-0.25, -0.2) is 4.98 Å². The first-order chi connectivity index (χ1) is 17.0. The third-order valence-electron chi connectivity index (χ3n) is 7.11. The van der Waals surface area contributed by atoms with Crippen LogP contribution >= 0.6 is 0 Å². The summed E-state index contributed by atoms with van der Waals surface area (Å²) < 4.78 is 7.05. The Bertz CT molecular complexity index is 1440. The summed E-state index contributed by atoms with van der Waals surface area (Å²) in [6.45, 7) is 2.70. The molecule has 2 aromatic heterocycles. The minimum atomic E-state index is -0.662. The first-order valence-electron chi connectivity index (χ1n) is 11.4. The maximum Gasteiger partial charge on any atom is 0.261 e. The smallest absolute Gasteiger partial charge is 0.261 e. The topological polar surface area (TPSA) is 121 Å². The number of aromatic amines is 1. The van der Waals surface area contributed by atoms with Gasteiger partial charge in [0.2, 0.25) is 5.91 Å². The molecule has 1 fully saturated rings. The molecule has 0 aliphatic carbocycles. The summed E-state index contributed by atoms with van der Waals surface area (Å²) in [4.78, 5) is 36.4. The summed E-state index contributed by atoms with van der Waals surface area (Å²) >= 11 is 0. The van der Waals surface area contributed by atoms with Gasteiger partial charge >= 0.3 is 0 Å². The molecular weight excluding hydrogens is 448 g/mol. The normalized spacial score (nSPS) is 20.5. The Morgan fingerprint density at radius 2 is 1.83 bits per heavy atom. The van der Waals surface area contributed by atoms with Crippen LogP contribution in [-0.4, -0.2) is 63.4 Å². The van der Waals surface area contributed by atoms with E-state index in [4.69, 9.17) is 14.9 Å². The summed E-state index contributed by atoms with van der Waals surface area (Å²) in [5, 5.41) is 15.7.